The number of rotatable bonds is 5. The summed E-state index contributed by atoms with van der Waals surface area (Å²) in [5, 5.41) is 5.08. The molecular formula is C19H31F3N4O4S2. The van der Waals surface area contributed by atoms with E-state index in [1.165, 1.54) is 19.0 Å². The van der Waals surface area contributed by atoms with Crippen LogP contribution >= 0.6 is 0 Å². The Hall–Kier alpha value is -1.57. The van der Waals surface area contributed by atoms with Crippen LogP contribution in [0.15, 0.2) is 33.4 Å². The van der Waals surface area contributed by atoms with Gasteiger partial charge in [0.25, 0.3) is 0 Å². The van der Waals surface area contributed by atoms with Gasteiger partial charge in [-0.1, -0.05) is 20.8 Å². The molecule has 0 amide bonds. The Morgan fingerprint density at radius 1 is 1.19 bits per heavy atom. The van der Waals surface area contributed by atoms with Crippen LogP contribution in [0.1, 0.15) is 40.0 Å². The highest BCUT2D eigenvalue weighted by molar-refractivity contribution is 7.94. The Bertz CT molecular complexity index is 1060. The van der Waals surface area contributed by atoms with Gasteiger partial charge in [0.15, 0.2) is 0 Å². The molecule has 0 bridgehead atoms. The normalized spacial score (nSPS) is 28.6. The molecule has 0 saturated heterocycles. The Labute approximate surface area is 187 Å². The minimum absolute atomic E-state index is 0.143. The van der Waals surface area contributed by atoms with Crippen LogP contribution < -0.4 is 15.6 Å². The van der Waals surface area contributed by atoms with E-state index >= 15 is 0 Å². The first-order valence-corrected chi connectivity index (χ1v) is 13.0. The quantitative estimate of drug-likeness (QED) is 0.529. The molecule has 8 nitrogen and oxygen atoms in total. The number of sulfonamides is 2. The van der Waals surface area contributed by atoms with Crippen molar-refractivity contribution in [3.63, 3.8) is 0 Å². The average molecular weight is 501 g/mol. The molecule has 0 radical (unpaired) electrons. The van der Waals surface area contributed by atoms with E-state index in [1.54, 1.807) is 0 Å². The summed E-state index contributed by atoms with van der Waals surface area (Å²) in [5.74, 6) is -2.47. The number of alkyl halides is 3. The largest absolute Gasteiger partial charge is 0.400 e. The number of halogens is 3. The van der Waals surface area contributed by atoms with Gasteiger partial charge in [0.2, 0.25) is 20.0 Å². The highest BCUT2D eigenvalue weighted by atomic mass is 32.2. The molecule has 0 aromatic rings. The maximum atomic E-state index is 13.9. The number of nitrogens with one attached hydrogen (secondary N) is 1. The van der Waals surface area contributed by atoms with E-state index in [9.17, 15) is 30.0 Å². The van der Waals surface area contributed by atoms with Gasteiger partial charge in [0, 0.05) is 26.3 Å². The third-order valence-electron chi connectivity index (χ3n) is 5.46. The molecule has 2 aliphatic carbocycles. The van der Waals surface area contributed by atoms with Gasteiger partial charge in [-0.3, -0.25) is 0 Å². The summed E-state index contributed by atoms with van der Waals surface area (Å²) in [6.45, 7) is 5.99. The van der Waals surface area contributed by atoms with E-state index in [4.69, 9.17) is 10.9 Å². The van der Waals surface area contributed by atoms with Gasteiger partial charge < -0.3 is 10.6 Å². The van der Waals surface area contributed by atoms with Crippen LogP contribution in [0.4, 0.5) is 13.2 Å². The zero-order valence-corrected chi connectivity index (χ0v) is 20.3. The van der Waals surface area contributed by atoms with Crippen molar-refractivity contribution >= 4 is 20.0 Å². The molecule has 0 aromatic heterocycles. The molecule has 1 fully saturated rings. The molecule has 2 rings (SSSR count). The van der Waals surface area contributed by atoms with Crippen molar-refractivity contribution in [3.8, 4) is 0 Å². The van der Waals surface area contributed by atoms with Crippen molar-refractivity contribution in [1.29, 1.82) is 0 Å². The highest BCUT2D eigenvalue weighted by Crippen LogP contribution is 2.45. The van der Waals surface area contributed by atoms with Gasteiger partial charge in [-0.15, -0.1) is 0 Å². The van der Waals surface area contributed by atoms with Crippen molar-refractivity contribution in [2.24, 2.45) is 28.1 Å². The van der Waals surface area contributed by atoms with E-state index in [-0.39, 0.29) is 11.3 Å². The maximum Gasteiger partial charge on any atom is 0.400 e. The molecule has 0 heterocycles. The Morgan fingerprint density at radius 3 is 2.19 bits per heavy atom. The molecule has 0 aromatic carbocycles. The molecule has 0 spiro atoms. The lowest BCUT2D eigenvalue weighted by atomic mass is 9.71. The number of allylic oxidation sites excluding steroid dienone is 3. The van der Waals surface area contributed by atoms with Gasteiger partial charge in [-0.2, -0.15) is 13.2 Å². The van der Waals surface area contributed by atoms with Crippen molar-refractivity contribution in [2.75, 3.05) is 14.1 Å². The van der Waals surface area contributed by atoms with Crippen LogP contribution in [0.3, 0.4) is 0 Å². The number of nitrogens with zero attached hydrogens (tertiary/aromatic N) is 1. The summed E-state index contributed by atoms with van der Waals surface area (Å²) in [5.41, 5.74) is 3.99. The molecule has 3 unspecified atom stereocenters. The van der Waals surface area contributed by atoms with Gasteiger partial charge in [0.1, 0.15) is 15.7 Å². The lowest BCUT2D eigenvalue weighted by Crippen LogP contribution is -2.45. The first kappa shape index (κ1) is 26.7. The zero-order chi connectivity index (χ0) is 24.9. The van der Waals surface area contributed by atoms with Gasteiger partial charge in [0.05, 0.1) is 5.70 Å². The molecule has 0 aliphatic heterocycles. The minimum atomic E-state index is -5.07. The fourth-order valence-corrected chi connectivity index (χ4v) is 7.26. The van der Waals surface area contributed by atoms with Crippen LogP contribution in [0, 0.1) is 17.3 Å². The van der Waals surface area contributed by atoms with Gasteiger partial charge in [-0.05, 0) is 42.2 Å². The van der Waals surface area contributed by atoms with Crippen molar-refractivity contribution in [2.45, 2.75) is 52.3 Å². The highest BCUT2D eigenvalue weighted by Gasteiger charge is 2.51. The fourth-order valence-electron chi connectivity index (χ4n) is 4.75. The third-order valence-corrected chi connectivity index (χ3v) is 8.09. The van der Waals surface area contributed by atoms with Crippen molar-refractivity contribution < 1.29 is 30.0 Å². The smallest absolute Gasteiger partial charge is 0.397 e. The van der Waals surface area contributed by atoms with E-state index in [0.29, 0.717) is 12.8 Å². The predicted octanol–water partition coefficient (Wildman–Crippen LogP) is 2.10. The molecule has 3 atom stereocenters. The van der Waals surface area contributed by atoms with Gasteiger partial charge >= 0.3 is 6.18 Å². The lowest BCUT2D eigenvalue weighted by Gasteiger charge is -2.39. The molecule has 13 heteroatoms. The fraction of sp³-hybridized carbons (Fsp3) is 0.684. The summed E-state index contributed by atoms with van der Waals surface area (Å²) in [6, 6.07) is -0.480. The van der Waals surface area contributed by atoms with Crippen LogP contribution in [-0.2, 0) is 20.0 Å². The standard InChI is InChI=1S/C19H31F3N4O4S2/c1-11-6-13(9-18(2,3)8-11)25-32(29,30)14-7-12(10-26(4)5)15(19(20,21)22)17(16(14)23)31(24,27)28/h7,10-11,13,15,25H,6,8-9,23H2,1-5H3,(H2,24,27,28). The number of primary sulfonamides is 1. The number of hydrogen-bond acceptors (Lipinski definition) is 6. The Kier molecular flexibility index (Phi) is 7.21. The molecule has 32 heavy (non-hydrogen) atoms. The number of hydrogen-bond donors (Lipinski definition) is 3. The van der Waals surface area contributed by atoms with Crippen LogP contribution in [0.2, 0.25) is 0 Å². The predicted molar refractivity (Wildman–Crippen MR) is 116 cm³/mol. The van der Waals surface area contributed by atoms with E-state index in [1.807, 2.05) is 20.8 Å². The third kappa shape index (κ3) is 6.06. The first-order valence-electron chi connectivity index (χ1n) is 9.96. The topological polar surface area (TPSA) is 136 Å². The average Bonchev–Trinajstić information content (AvgIpc) is 2.50. The van der Waals surface area contributed by atoms with Crippen molar-refractivity contribution in [1.82, 2.24) is 9.62 Å². The van der Waals surface area contributed by atoms with Gasteiger partial charge in [-0.25, -0.2) is 26.7 Å². The molecule has 5 N–H and O–H groups in total. The second-order valence-electron chi connectivity index (χ2n) is 9.63. The Balaban J connectivity index is 2.65. The maximum absolute atomic E-state index is 13.9. The second-order valence-corrected chi connectivity index (χ2v) is 12.8. The number of nitrogens with two attached hydrogens (primary N) is 2. The first-order chi connectivity index (χ1) is 14.2. The summed E-state index contributed by atoms with van der Waals surface area (Å²) >= 11 is 0. The van der Waals surface area contributed by atoms with Crippen LogP contribution in [0.5, 0.6) is 0 Å². The lowest BCUT2D eigenvalue weighted by molar-refractivity contribution is -0.152. The Morgan fingerprint density at radius 2 is 1.75 bits per heavy atom. The summed E-state index contributed by atoms with van der Waals surface area (Å²) in [6.07, 6.45) is -1.36. The molecule has 1 saturated carbocycles. The second kappa shape index (κ2) is 8.65. The van der Waals surface area contributed by atoms with E-state index in [2.05, 4.69) is 4.72 Å². The minimum Gasteiger partial charge on any atom is -0.397 e. The molecular weight excluding hydrogens is 469 g/mol. The van der Waals surface area contributed by atoms with E-state index in [0.717, 1.165) is 18.7 Å². The van der Waals surface area contributed by atoms with Crippen LogP contribution in [0.25, 0.3) is 0 Å². The molecule has 184 valence electrons. The summed E-state index contributed by atoms with van der Waals surface area (Å²) in [7, 11) is -6.60. The molecule has 2 aliphatic rings. The van der Waals surface area contributed by atoms with Crippen molar-refractivity contribution in [3.05, 3.63) is 33.4 Å². The van der Waals surface area contributed by atoms with E-state index < -0.39 is 59.3 Å². The van der Waals surface area contributed by atoms with Crippen LogP contribution in [-0.4, -0.2) is 48.0 Å². The SMILES string of the molecule is CC1CC(NS(=O)(=O)C2=CC(=CN(C)C)C(C(F)(F)F)C(S(N)(=O)=O)=C2N)CC(C)(C)C1. The summed E-state index contributed by atoms with van der Waals surface area (Å²) in [4.78, 5) is -0.875. The zero-order valence-electron chi connectivity index (χ0n) is 18.7. The monoisotopic (exact) mass is 500 g/mol. The summed E-state index contributed by atoms with van der Waals surface area (Å²) < 4.78 is 94.7.